The average molecular weight is 633 g/mol. The number of hydrogen-bond acceptors (Lipinski definition) is 6. The van der Waals surface area contributed by atoms with Gasteiger partial charge in [0.25, 0.3) is 5.56 Å². The van der Waals surface area contributed by atoms with Crippen molar-refractivity contribution in [1.82, 2.24) is 24.4 Å². The first kappa shape index (κ1) is 26.1. The number of hydrogen-bond donors (Lipinski definition) is 0. The van der Waals surface area contributed by atoms with Gasteiger partial charge in [-0.2, -0.15) is 14.6 Å². The summed E-state index contributed by atoms with van der Waals surface area (Å²) in [7, 11) is 0. The van der Waals surface area contributed by atoms with Gasteiger partial charge in [-0.3, -0.25) is 4.79 Å². The molecular weight excluding hydrogens is 610 g/mol. The first-order valence-electron chi connectivity index (χ1n) is 13.2. The number of aromatic nitrogens is 5. The Morgan fingerprint density at radius 3 is 2.19 bits per heavy atom. The fourth-order valence-electron chi connectivity index (χ4n) is 4.62. The van der Waals surface area contributed by atoms with Crippen LogP contribution in [-0.2, 0) is 6.61 Å². The Morgan fingerprint density at radius 2 is 1.50 bits per heavy atom. The second kappa shape index (κ2) is 11.2. The number of halogens is 1. The Kier molecular flexibility index (Phi) is 6.95. The highest BCUT2D eigenvalue weighted by atomic mass is 79.9. The van der Waals surface area contributed by atoms with Crippen molar-refractivity contribution < 1.29 is 4.74 Å². The van der Waals surface area contributed by atoms with Crippen molar-refractivity contribution in [2.24, 2.45) is 0 Å². The topological polar surface area (TPSA) is 74.3 Å². The smallest absolute Gasteiger partial charge is 0.291 e. The number of fused-ring (bicyclic) bond motifs is 1. The SMILES string of the molecule is O=c1c(=Cc2ccc(-n3nc(-c4ccccc4)cc3-c3ccccc3)cc2)sc2nc(COc3ccc(Br)cc3)nn12. The van der Waals surface area contributed by atoms with Gasteiger partial charge in [-0.25, -0.2) is 4.68 Å². The Bertz CT molecular complexity index is 2100. The van der Waals surface area contributed by atoms with Crippen molar-refractivity contribution in [2.75, 3.05) is 0 Å². The minimum atomic E-state index is -0.201. The van der Waals surface area contributed by atoms with Crippen molar-refractivity contribution in [1.29, 1.82) is 0 Å². The highest BCUT2D eigenvalue weighted by molar-refractivity contribution is 9.10. The largest absolute Gasteiger partial charge is 0.486 e. The van der Waals surface area contributed by atoms with E-state index in [4.69, 9.17) is 9.84 Å². The Balaban J connectivity index is 1.16. The van der Waals surface area contributed by atoms with Gasteiger partial charge in [0.05, 0.1) is 21.6 Å². The van der Waals surface area contributed by atoms with Gasteiger partial charge in [0.1, 0.15) is 12.4 Å². The number of ether oxygens (including phenoxy) is 1. The summed E-state index contributed by atoms with van der Waals surface area (Å²) in [5.74, 6) is 1.17. The molecule has 42 heavy (non-hydrogen) atoms. The van der Waals surface area contributed by atoms with E-state index in [2.05, 4.69) is 56.3 Å². The molecule has 0 atom stereocenters. The second-order valence-corrected chi connectivity index (χ2v) is 11.5. The van der Waals surface area contributed by atoms with Crippen LogP contribution < -0.4 is 14.8 Å². The van der Waals surface area contributed by atoms with E-state index in [1.165, 1.54) is 15.9 Å². The zero-order valence-corrected chi connectivity index (χ0v) is 24.5. The molecule has 3 heterocycles. The van der Waals surface area contributed by atoms with Crippen molar-refractivity contribution in [3.8, 4) is 34.0 Å². The Morgan fingerprint density at radius 1 is 0.810 bits per heavy atom. The molecule has 0 aliphatic rings. The van der Waals surface area contributed by atoms with Crippen LogP contribution in [0.2, 0.25) is 0 Å². The molecule has 7 aromatic rings. The van der Waals surface area contributed by atoms with Crippen LogP contribution in [0, 0.1) is 0 Å². The first-order chi connectivity index (χ1) is 20.6. The lowest BCUT2D eigenvalue weighted by molar-refractivity contribution is 0.296. The molecule has 0 aliphatic heterocycles. The zero-order chi connectivity index (χ0) is 28.5. The number of benzene rings is 4. The molecule has 4 aromatic carbocycles. The molecule has 0 saturated heterocycles. The molecule has 0 saturated carbocycles. The van der Waals surface area contributed by atoms with Gasteiger partial charge in [0, 0.05) is 15.6 Å². The Labute approximate surface area is 253 Å². The molecule has 204 valence electrons. The van der Waals surface area contributed by atoms with Crippen LogP contribution in [0.4, 0.5) is 0 Å². The summed E-state index contributed by atoms with van der Waals surface area (Å²) in [6.07, 6.45) is 1.86. The summed E-state index contributed by atoms with van der Waals surface area (Å²) < 4.78 is 10.6. The van der Waals surface area contributed by atoms with Gasteiger partial charge >= 0.3 is 0 Å². The monoisotopic (exact) mass is 631 g/mol. The minimum absolute atomic E-state index is 0.181. The summed E-state index contributed by atoms with van der Waals surface area (Å²) >= 11 is 4.72. The molecule has 0 amide bonds. The first-order valence-corrected chi connectivity index (χ1v) is 14.8. The Hall–Kier alpha value is -4.86. The van der Waals surface area contributed by atoms with Gasteiger partial charge < -0.3 is 4.74 Å². The molecule has 3 aromatic heterocycles. The molecule has 0 spiro atoms. The van der Waals surface area contributed by atoms with Gasteiger partial charge in [-0.1, -0.05) is 100 Å². The van der Waals surface area contributed by atoms with Crippen molar-refractivity contribution in [3.63, 3.8) is 0 Å². The van der Waals surface area contributed by atoms with Crippen LogP contribution in [0.3, 0.4) is 0 Å². The molecule has 7 nitrogen and oxygen atoms in total. The molecular formula is C33H22BrN5O2S. The lowest BCUT2D eigenvalue weighted by Crippen LogP contribution is -2.23. The normalized spacial score (nSPS) is 11.8. The lowest BCUT2D eigenvalue weighted by atomic mass is 10.1. The summed E-state index contributed by atoms with van der Waals surface area (Å²) in [6, 6.07) is 38.0. The van der Waals surface area contributed by atoms with Crippen LogP contribution in [0.1, 0.15) is 11.4 Å². The molecule has 9 heteroatoms. The third-order valence-corrected chi connectivity index (χ3v) is 8.18. The highest BCUT2D eigenvalue weighted by Gasteiger charge is 2.14. The minimum Gasteiger partial charge on any atom is -0.486 e. The molecule has 0 unspecified atom stereocenters. The number of thiazole rings is 1. The van der Waals surface area contributed by atoms with Crippen molar-refractivity contribution >= 4 is 38.3 Å². The maximum Gasteiger partial charge on any atom is 0.291 e. The van der Waals surface area contributed by atoms with E-state index in [-0.39, 0.29) is 12.2 Å². The predicted octanol–water partition coefficient (Wildman–Crippen LogP) is 6.56. The predicted molar refractivity (Wildman–Crippen MR) is 169 cm³/mol. The number of nitrogens with zero attached hydrogens (tertiary/aromatic N) is 5. The van der Waals surface area contributed by atoms with Crippen molar-refractivity contribution in [2.45, 2.75) is 6.61 Å². The highest BCUT2D eigenvalue weighted by Crippen LogP contribution is 2.29. The quantitative estimate of drug-likeness (QED) is 0.199. The molecule has 0 bridgehead atoms. The zero-order valence-electron chi connectivity index (χ0n) is 22.1. The molecule has 0 radical (unpaired) electrons. The van der Waals surface area contributed by atoms with Gasteiger partial charge in [-0.15, -0.1) is 5.10 Å². The summed E-state index contributed by atoms with van der Waals surface area (Å²) in [5, 5.41) is 9.31. The van der Waals surface area contributed by atoms with Crippen molar-refractivity contribution in [3.05, 3.63) is 146 Å². The summed E-state index contributed by atoms with van der Waals surface area (Å²) in [6.45, 7) is 0.181. The maximum atomic E-state index is 13.1. The van der Waals surface area contributed by atoms with E-state index in [1.54, 1.807) is 0 Å². The lowest BCUT2D eigenvalue weighted by Gasteiger charge is -2.08. The molecule has 0 N–H and O–H groups in total. The van der Waals surface area contributed by atoms with E-state index < -0.39 is 0 Å². The third-order valence-electron chi connectivity index (χ3n) is 6.69. The van der Waals surface area contributed by atoms with Crippen LogP contribution in [0.15, 0.2) is 125 Å². The maximum absolute atomic E-state index is 13.1. The molecule has 7 rings (SSSR count). The van der Waals surface area contributed by atoms with Crippen LogP contribution >= 0.6 is 27.3 Å². The van der Waals surface area contributed by atoms with E-state index in [0.717, 1.165) is 38.2 Å². The molecule has 0 aliphatic carbocycles. The van der Waals surface area contributed by atoms with E-state index >= 15 is 0 Å². The fraction of sp³-hybridized carbons (Fsp3) is 0.0303. The van der Waals surface area contributed by atoms with Crippen LogP contribution in [0.5, 0.6) is 5.75 Å². The van der Waals surface area contributed by atoms with Gasteiger partial charge in [0.15, 0.2) is 5.82 Å². The van der Waals surface area contributed by atoms with Crippen LogP contribution in [0.25, 0.3) is 39.2 Å². The third kappa shape index (κ3) is 5.27. The average Bonchev–Trinajstić information content (AvgIpc) is 3.73. The van der Waals surface area contributed by atoms with Gasteiger partial charge in [0.2, 0.25) is 4.96 Å². The number of rotatable bonds is 7. The van der Waals surface area contributed by atoms with E-state index in [1.807, 2.05) is 95.7 Å². The second-order valence-electron chi connectivity index (χ2n) is 9.53. The van der Waals surface area contributed by atoms with E-state index in [0.29, 0.717) is 21.1 Å². The molecule has 0 fully saturated rings. The van der Waals surface area contributed by atoms with Gasteiger partial charge in [-0.05, 0) is 54.1 Å². The van der Waals surface area contributed by atoms with Crippen LogP contribution in [-0.4, -0.2) is 24.4 Å². The standard InChI is InChI=1S/C33H22BrN5O2S/c34-25-13-17-27(18-14-25)41-21-31-35-33-39(37-31)32(40)30(42-33)19-22-11-15-26(16-12-22)38-29(24-9-5-2-6-10-24)20-28(36-38)23-7-3-1-4-8-23/h1-20H,21H2. The summed E-state index contributed by atoms with van der Waals surface area (Å²) in [4.78, 5) is 18.1. The fourth-order valence-corrected chi connectivity index (χ4v) is 5.81. The van der Waals surface area contributed by atoms with E-state index in [9.17, 15) is 4.79 Å². The summed E-state index contributed by atoms with van der Waals surface area (Å²) in [5.41, 5.74) is 5.66.